The van der Waals surface area contributed by atoms with E-state index in [1.54, 1.807) is 6.07 Å². The summed E-state index contributed by atoms with van der Waals surface area (Å²) in [6.45, 7) is 4.09. The Morgan fingerprint density at radius 2 is 2.16 bits per heavy atom. The van der Waals surface area contributed by atoms with Crippen molar-refractivity contribution >= 4 is 5.97 Å². The van der Waals surface area contributed by atoms with E-state index in [1.165, 1.54) is 18.4 Å². The van der Waals surface area contributed by atoms with Crippen LogP contribution in [0, 0.1) is 5.92 Å². The number of benzene rings is 1. The molecule has 32 heavy (non-hydrogen) atoms. The average Bonchev–Trinajstić information content (AvgIpc) is 3.49. The van der Waals surface area contributed by atoms with Gasteiger partial charge in [0.2, 0.25) is 0 Å². The molecule has 6 rings (SSSR count). The quantitative estimate of drug-likeness (QED) is 0.597. The van der Waals surface area contributed by atoms with E-state index in [9.17, 15) is 15.0 Å². The van der Waals surface area contributed by atoms with Crippen LogP contribution >= 0.6 is 0 Å². The zero-order chi connectivity index (χ0) is 22.3. The predicted molar refractivity (Wildman–Crippen MR) is 118 cm³/mol. The highest BCUT2D eigenvalue weighted by Crippen LogP contribution is 2.66. The fourth-order valence-electron chi connectivity index (χ4n) is 7.73. The smallest absolute Gasteiger partial charge is 0.304 e. The summed E-state index contributed by atoms with van der Waals surface area (Å²) in [6.07, 6.45) is 6.19. The second-order valence-corrected chi connectivity index (χ2v) is 10.8. The molecule has 3 N–H and O–H groups in total. The van der Waals surface area contributed by atoms with Crippen molar-refractivity contribution in [3.63, 3.8) is 0 Å². The van der Waals surface area contributed by atoms with Gasteiger partial charge in [0.15, 0.2) is 11.5 Å². The minimum atomic E-state index is -0.799. The third-order valence-corrected chi connectivity index (χ3v) is 9.07. The van der Waals surface area contributed by atoms with Crippen molar-refractivity contribution in [3.05, 3.63) is 23.3 Å². The molecule has 0 aromatic heterocycles. The Hall–Kier alpha value is -1.83. The molecule has 6 atom stereocenters. The second-order valence-electron chi connectivity index (χ2n) is 10.8. The molecule has 3 aliphatic carbocycles. The minimum absolute atomic E-state index is 0.0148. The topological polar surface area (TPSA) is 91.3 Å². The fourth-order valence-corrected chi connectivity index (χ4v) is 7.73. The first-order valence-corrected chi connectivity index (χ1v) is 12.2. The van der Waals surface area contributed by atoms with Gasteiger partial charge in [-0.25, -0.2) is 0 Å². The number of hydrogen-bond acceptors (Lipinski definition) is 6. The van der Waals surface area contributed by atoms with Crippen molar-refractivity contribution in [1.29, 1.82) is 0 Å². The molecule has 2 bridgehead atoms. The summed E-state index contributed by atoms with van der Waals surface area (Å²) in [5.41, 5.74) is 1.75. The summed E-state index contributed by atoms with van der Waals surface area (Å²) in [5, 5.41) is 23.6. The Kier molecular flexibility index (Phi) is 4.59. The van der Waals surface area contributed by atoms with Gasteiger partial charge in [0.1, 0.15) is 6.10 Å². The number of aliphatic carboxylic acids is 1. The molecule has 5 aliphatic rings. The number of carboxylic acid groups (broad SMARTS) is 1. The van der Waals surface area contributed by atoms with Crippen LogP contribution in [0.15, 0.2) is 12.1 Å². The first-order valence-electron chi connectivity index (χ1n) is 12.2. The van der Waals surface area contributed by atoms with Crippen LogP contribution in [0.2, 0.25) is 0 Å². The van der Waals surface area contributed by atoms with E-state index in [2.05, 4.69) is 16.3 Å². The lowest BCUT2D eigenvalue weighted by Crippen LogP contribution is -2.78. The molecule has 0 radical (unpaired) electrons. The highest BCUT2D eigenvalue weighted by molar-refractivity contribution is 5.67. The average molecular weight is 443 g/mol. The van der Waals surface area contributed by atoms with Crippen molar-refractivity contribution in [2.75, 3.05) is 20.2 Å². The third kappa shape index (κ3) is 2.68. The number of nitrogens with one attached hydrogen (secondary N) is 1. The van der Waals surface area contributed by atoms with Crippen LogP contribution in [0.4, 0.5) is 0 Å². The summed E-state index contributed by atoms with van der Waals surface area (Å²) in [7, 11) is 1.86. The molecule has 0 amide bonds. The van der Waals surface area contributed by atoms with Crippen LogP contribution in [0.3, 0.4) is 0 Å². The van der Waals surface area contributed by atoms with Gasteiger partial charge in [-0.05, 0) is 69.5 Å². The first-order chi connectivity index (χ1) is 15.4. The molecular formula is C25H34N2O5. The lowest BCUT2D eigenvalue weighted by molar-refractivity contribution is -0.208. The second kappa shape index (κ2) is 7.08. The Morgan fingerprint density at radius 1 is 1.34 bits per heavy atom. The van der Waals surface area contributed by atoms with Crippen molar-refractivity contribution in [1.82, 2.24) is 10.2 Å². The molecule has 7 heteroatoms. The molecule has 1 unspecified atom stereocenters. The van der Waals surface area contributed by atoms with E-state index < -0.39 is 5.97 Å². The number of ether oxygens (including phenoxy) is 2. The number of hydrogen-bond donors (Lipinski definition) is 3. The van der Waals surface area contributed by atoms with E-state index in [4.69, 9.17) is 9.47 Å². The van der Waals surface area contributed by atoms with Crippen LogP contribution in [0.25, 0.3) is 0 Å². The molecule has 1 aromatic carbocycles. The number of phenolic OH excluding ortho intramolecular Hbond substituents is 1. The summed E-state index contributed by atoms with van der Waals surface area (Å²) in [4.78, 5) is 14.0. The summed E-state index contributed by atoms with van der Waals surface area (Å²) < 4.78 is 13.2. The minimum Gasteiger partial charge on any atom is -0.504 e. The zero-order valence-corrected chi connectivity index (χ0v) is 19.0. The summed E-state index contributed by atoms with van der Waals surface area (Å²) in [6, 6.07) is 4.02. The number of rotatable bonds is 7. The Labute approximate surface area is 189 Å². The van der Waals surface area contributed by atoms with Crippen LogP contribution in [-0.4, -0.2) is 71.1 Å². The van der Waals surface area contributed by atoms with Crippen molar-refractivity contribution in [3.8, 4) is 11.5 Å². The van der Waals surface area contributed by atoms with Gasteiger partial charge in [-0.15, -0.1) is 0 Å². The molecule has 7 nitrogen and oxygen atoms in total. The third-order valence-electron chi connectivity index (χ3n) is 9.07. The summed E-state index contributed by atoms with van der Waals surface area (Å²) in [5.74, 6) is 0.850. The van der Waals surface area contributed by atoms with Gasteiger partial charge in [0.05, 0.1) is 17.4 Å². The Bertz CT molecular complexity index is 949. The van der Waals surface area contributed by atoms with Crippen LogP contribution in [0.1, 0.15) is 56.6 Å². The van der Waals surface area contributed by atoms with Crippen LogP contribution in [0.5, 0.6) is 11.5 Å². The zero-order valence-electron chi connectivity index (χ0n) is 19.0. The maximum Gasteiger partial charge on any atom is 0.304 e. The number of nitrogens with zero attached hydrogens (tertiary/aromatic N) is 1. The lowest BCUT2D eigenvalue weighted by Gasteiger charge is -2.66. The van der Waals surface area contributed by atoms with Crippen molar-refractivity contribution in [2.24, 2.45) is 5.92 Å². The van der Waals surface area contributed by atoms with Crippen LogP contribution in [-0.2, 0) is 21.4 Å². The fraction of sp³-hybridized carbons (Fsp3) is 0.720. The monoisotopic (exact) mass is 442 g/mol. The number of likely N-dealkylation sites (tertiary alicyclic amines) is 1. The largest absolute Gasteiger partial charge is 0.504 e. The number of methoxy groups -OCH3 is 1. The SMILES string of the molecule is CO[C@@]12CC[C@H](NC(C)CC(=O)O)[C@@H]3Oc4c(O)ccc5c4[C@@]31CCN(CC1CC1)[C@@H]2C5. The van der Waals surface area contributed by atoms with E-state index >= 15 is 0 Å². The number of aromatic hydroxyl groups is 1. The molecule has 3 fully saturated rings. The van der Waals surface area contributed by atoms with E-state index in [0.717, 1.165) is 50.3 Å². The summed E-state index contributed by atoms with van der Waals surface area (Å²) >= 11 is 0. The van der Waals surface area contributed by atoms with Crippen molar-refractivity contribution in [2.45, 2.75) is 87.1 Å². The Morgan fingerprint density at radius 3 is 2.88 bits per heavy atom. The highest BCUT2D eigenvalue weighted by atomic mass is 16.5. The normalized spacial score (nSPS) is 38.1. The number of carboxylic acids is 1. The molecule has 1 saturated heterocycles. The van der Waals surface area contributed by atoms with Gasteiger partial charge in [0.25, 0.3) is 0 Å². The maximum atomic E-state index is 11.3. The molecule has 2 saturated carbocycles. The molecular weight excluding hydrogens is 408 g/mol. The Balaban J connectivity index is 1.45. The number of phenols is 1. The van der Waals surface area contributed by atoms with Crippen molar-refractivity contribution < 1.29 is 24.5 Å². The van der Waals surface area contributed by atoms with Gasteiger partial charge in [0, 0.05) is 37.3 Å². The standard InChI is InChI=1S/C25H34N2O5/c1-14(11-20(29)30)26-17-7-8-25(31-2)19-12-16-5-6-18(28)22-21(16)24(25,23(17)32-22)9-10-27(19)13-15-3-4-15/h5-6,14-15,17,19,23,26,28H,3-4,7-13H2,1-2H3,(H,29,30)/t14?,17-,19+,23-,24-,25+/m0/s1. The van der Waals surface area contributed by atoms with Gasteiger partial charge in [-0.2, -0.15) is 0 Å². The van der Waals surface area contributed by atoms with Crippen LogP contribution < -0.4 is 10.1 Å². The molecule has 174 valence electrons. The lowest BCUT2D eigenvalue weighted by atomic mass is 9.48. The number of piperidine rings is 1. The molecule has 1 spiro atoms. The first kappa shape index (κ1) is 20.8. The molecule has 1 aromatic rings. The molecule has 2 heterocycles. The highest BCUT2D eigenvalue weighted by Gasteiger charge is 2.73. The van der Waals surface area contributed by atoms with Gasteiger partial charge < -0.3 is 25.0 Å². The maximum absolute atomic E-state index is 11.3. The number of carbonyl (C=O) groups is 1. The van der Waals surface area contributed by atoms with Gasteiger partial charge >= 0.3 is 5.97 Å². The van der Waals surface area contributed by atoms with E-state index in [1.807, 2.05) is 14.0 Å². The van der Waals surface area contributed by atoms with Gasteiger partial charge in [-0.3, -0.25) is 9.69 Å². The van der Waals surface area contributed by atoms with E-state index in [-0.39, 0.29) is 41.4 Å². The molecule has 2 aliphatic heterocycles. The van der Waals surface area contributed by atoms with E-state index in [0.29, 0.717) is 11.8 Å². The van der Waals surface area contributed by atoms with Gasteiger partial charge in [-0.1, -0.05) is 6.07 Å². The predicted octanol–water partition coefficient (Wildman–Crippen LogP) is 2.43.